The quantitative estimate of drug-likeness (QED) is 0.414. The van der Waals surface area contributed by atoms with Gasteiger partial charge < -0.3 is 0 Å². The Bertz CT molecular complexity index is 90.4. The fourth-order valence-corrected chi connectivity index (χ4v) is 1.09. The van der Waals surface area contributed by atoms with Gasteiger partial charge >= 0.3 is 0 Å². The van der Waals surface area contributed by atoms with Crippen LogP contribution >= 0.6 is 11.9 Å². The van der Waals surface area contributed by atoms with E-state index in [1.54, 1.807) is 11.9 Å². The number of hydrogen-bond acceptors (Lipinski definition) is 3. The van der Waals surface area contributed by atoms with Crippen molar-refractivity contribution < 1.29 is 0 Å². The lowest BCUT2D eigenvalue weighted by atomic mass is 11.0. The van der Waals surface area contributed by atoms with Crippen LogP contribution in [0.15, 0.2) is 12.8 Å². The molecule has 1 heterocycles. The molecule has 46 valence electrons. The molecule has 0 N–H and O–H groups in total. The van der Waals surface area contributed by atoms with Crippen LogP contribution in [0.1, 0.15) is 0 Å². The molecule has 0 aromatic heterocycles. The highest BCUT2D eigenvalue weighted by atomic mass is 32.2. The van der Waals surface area contributed by atoms with Crippen LogP contribution in [0.5, 0.6) is 0 Å². The molecule has 1 rings (SSSR count). The van der Waals surface area contributed by atoms with Crippen molar-refractivity contribution >= 4 is 11.9 Å². The fraction of sp³-hybridized carbons (Fsp3) is 0.600. The molecule has 0 atom stereocenters. The topological polar surface area (TPSA) is 6.25 Å². The molecule has 0 bridgehead atoms. The van der Waals surface area contributed by atoms with Crippen LogP contribution in [0, 0.1) is 0 Å². The number of rotatable bonds is 3. The van der Waals surface area contributed by atoms with Gasteiger partial charge in [-0.2, -0.15) is 0 Å². The highest BCUT2D eigenvalue weighted by Gasteiger charge is 2.21. The molecular formula is C5H10N2S. The van der Waals surface area contributed by atoms with E-state index >= 15 is 0 Å². The molecule has 1 saturated heterocycles. The largest absolute Gasteiger partial charge is 0.256 e. The first kappa shape index (κ1) is 5.98. The molecule has 0 unspecified atom stereocenters. The Morgan fingerprint density at radius 3 is 2.50 bits per heavy atom. The summed E-state index contributed by atoms with van der Waals surface area (Å²) in [5.74, 6) is 0. The molecule has 0 spiro atoms. The standard InChI is InChI=1S/C5H10N2S/c1-3-7(8-2)6-4-5-6/h3H,1,4-5H2,2H3. The molecule has 0 aromatic rings. The van der Waals surface area contributed by atoms with Gasteiger partial charge in [0.25, 0.3) is 0 Å². The lowest BCUT2D eigenvalue weighted by Crippen LogP contribution is -2.13. The summed E-state index contributed by atoms with van der Waals surface area (Å²) in [6.07, 6.45) is 3.87. The van der Waals surface area contributed by atoms with Gasteiger partial charge in [0.2, 0.25) is 0 Å². The summed E-state index contributed by atoms with van der Waals surface area (Å²) >= 11 is 1.68. The first-order valence-corrected chi connectivity index (χ1v) is 3.77. The Morgan fingerprint density at radius 1 is 1.75 bits per heavy atom. The van der Waals surface area contributed by atoms with Crippen molar-refractivity contribution in [3.8, 4) is 0 Å². The molecule has 0 radical (unpaired) electrons. The van der Waals surface area contributed by atoms with E-state index in [1.165, 1.54) is 13.1 Å². The second-order valence-electron chi connectivity index (χ2n) is 1.62. The zero-order chi connectivity index (χ0) is 5.98. The summed E-state index contributed by atoms with van der Waals surface area (Å²) in [5.41, 5.74) is 0. The summed E-state index contributed by atoms with van der Waals surface area (Å²) in [5, 5.41) is 2.21. The maximum atomic E-state index is 3.66. The zero-order valence-corrected chi connectivity index (χ0v) is 5.82. The first-order chi connectivity index (χ1) is 3.88. The molecule has 1 aliphatic heterocycles. The molecule has 0 aliphatic carbocycles. The van der Waals surface area contributed by atoms with Crippen molar-refractivity contribution in [2.24, 2.45) is 0 Å². The van der Waals surface area contributed by atoms with Crippen LogP contribution in [-0.4, -0.2) is 28.8 Å². The average molecular weight is 130 g/mol. The molecule has 0 amide bonds. The molecule has 3 heteroatoms. The molecular weight excluding hydrogens is 120 g/mol. The first-order valence-electron chi connectivity index (χ1n) is 2.59. The van der Waals surface area contributed by atoms with E-state index < -0.39 is 0 Å². The van der Waals surface area contributed by atoms with Crippen LogP contribution in [0.3, 0.4) is 0 Å². The van der Waals surface area contributed by atoms with Crippen LogP contribution < -0.4 is 0 Å². The average Bonchev–Trinajstić information content (AvgIpc) is 2.53. The Hall–Kier alpha value is -0.150. The van der Waals surface area contributed by atoms with Crippen molar-refractivity contribution in [3.05, 3.63) is 12.8 Å². The normalized spacial score (nSPS) is 18.1. The van der Waals surface area contributed by atoms with E-state index in [0.29, 0.717) is 0 Å². The van der Waals surface area contributed by atoms with Gasteiger partial charge in [0.15, 0.2) is 0 Å². The Morgan fingerprint density at radius 2 is 2.38 bits per heavy atom. The smallest absolute Gasteiger partial charge is 0.0337 e. The molecule has 8 heavy (non-hydrogen) atoms. The van der Waals surface area contributed by atoms with E-state index in [9.17, 15) is 0 Å². The number of hydrogen-bond donors (Lipinski definition) is 0. The molecule has 1 fully saturated rings. The van der Waals surface area contributed by atoms with E-state index in [2.05, 4.69) is 11.6 Å². The maximum Gasteiger partial charge on any atom is 0.0337 e. The highest BCUT2D eigenvalue weighted by molar-refractivity contribution is 7.96. The predicted octanol–water partition coefficient (Wildman–Crippen LogP) is 0.940. The van der Waals surface area contributed by atoms with Crippen molar-refractivity contribution in [1.29, 1.82) is 0 Å². The molecule has 1 aliphatic rings. The Labute approximate surface area is 54.3 Å². The lowest BCUT2D eigenvalue weighted by molar-refractivity contribution is 0.311. The minimum Gasteiger partial charge on any atom is -0.256 e. The molecule has 2 nitrogen and oxygen atoms in total. The summed E-state index contributed by atoms with van der Waals surface area (Å²) < 4.78 is 2.04. The summed E-state index contributed by atoms with van der Waals surface area (Å²) in [6.45, 7) is 6.03. The summed E-state index contributed by atoms with van der Waals surface area (Å²) in [6, 6.07) is 0. The van der Waals surface area contributed by atoms with Gasteiger partial charge in [-0.3, -0.25) is 4.41 Å². The van der Waals surface area contributed by atoms with Gasteiger partial charge in [0.1, 0.15) is 0 Å². The van der Waals surface area contributed by atoms with Gasteiger partial charge in [-0.15, -0.1) is 0 Å². The lowest BCUT2D eigenvalue weighted by Gasteiger charge is -2.15. The zero-order valence-electron chi connectivity index (χ0n) is 5.00. The third-order valence-corrected chi connectivity index (χ3v) is 1.80. The van der Waals surface area contributed by atoms with Gasteiger partial charge in [0.05, 0.1) is 0 Å². The van der Waals surface area contributed by atoms with E-state index in [1.807, 2.05) is 16.9 Å². The van der Waals surface area contributed by atoms with E-state index in [0.717, 1.165) is 0 Å². The van der Waals surface area contributed by atoms with Crippen molar-refractivity contribution in [1.82, 2.24) is 9.42 Å². The number of hydrazine groups is 1. The predicted molar refractivity (Wildman–Crippen MR) is 37.1 cm³/mol. The maximum absolute atomic E-state index is 3.66. The van der Waals surface area contributed by atoms with Crippen LogP contribution in [0.2, 0.25) is 0 Å². The second kappa shape index (κ2) is 2.42. The van der Waals surface area contributed by atoms with Gasteiger partial charge in [-0.1, -0.05) is 6.58 Å². The van der Waals surface area contributed by atoms with Gasteiger partial charge in [-0.25, -0.2) is 5.01 Å². The van der Waals surface area contributed by atoms with Crippen LogP contribution in [0.4, 0.5) is 0 Å². The third-order valence-electron chi connectivity index (χ3n) is 1.05. The van der Waals surface area contributed by atoms with Crippen molar-refractivity contribution in [2.75, 3.05) is 19.3 Å². The van der Waals surface area contributed by atoms with E-state index in [4.69, 9.17) is 0 Å². The minimum atomic E-state index is 1.19. The molecule has 0 saturated carbocycles. The van der Waals surface area contributed by atoms with Crippen LogP contribution in [-0.2, 0) is 0 Å². The van der Waals surface area contributed by atoms with Crippen LogP contribution in [0.25, 0.3) is 0 Å². The van der Waals surface area contributed by atoms with Gasteiger partial charge in [-0.05, 0) is 11.9 Å². The van der Waals surface area contributed by atoms with Crippen molar-refractivity contribution in [2.45, 2.75) is 0 Å². The number of nitrogens with zero attached hydrogens (tertiary/aromatic N) is 2. The highest BCUT2D eigenvalue weighted by Crippen LogP contribution is 2.16. The Kier molecular flexibility index (Phi) is 1.81. The minimum absolute atomic E-state index is 1.19. The van der Waals surface area contributed by atoms with Gasteiger partial charge in [0, 0.05) is 25.5 Å². The molecule has 0 aromatic carbocycles. The van der Waals surface area contributed by atoms with E-state index in [-0.39, 0.29) is 0 Å². The second-order valence-corrected chi connectivity index (χ2v) is 2.36. The third kappa shape index (κ3) is 1.17. The Balaban J connectivity index is 2.25. The fourth-order valence-electron chi connectivity index (χ4n) is 0.547. The SMILES string of the molecule is C=CN(SC)N1CC1. The van der Waals surface area contributed by atoms with Crippen molar-refractivity contribution in [3.63, 3.8) is 0 Å². The monoisotopic (exact) mass is 130 g/mol. The summed E-state index contributed by atoms with van der Waals surface area (Å²) in [4.78, 5) is 0. The summed E-state index contributed by atoms with van der Waals surface area (Å²) in [7, 11) is 0.